The number of H-pyrrole nitrogens is 1. The van der Waals surface area contributed by atoms with Crippen LogP contribution in [0.1, 0.15) is 13.2 Å². The van der Waals surface area contributed by atoms with E-state index in [1.165, 1.54) is 24.1 Å². The first kappa shape index (κ1) is 13.2. The number of aromatic nitrogens is 4. The first-order chi connectivity index (χ1) is 9.48. The summed E-state index contributed by atoms with van der Waals surface area (Å²) in [5.41, 5.74) is -1.36. The van der Waals surface area contributed by atoms with Crippen LogP contribution in [0.3, 0.4) is 0 Å². The Morgan fingerprint density at radius 3 is 2.90 bits per heavy atom. The average Bonchev–Trinajstić information content (AvgIpc) is 2.96. The lowest BCUT2D eigenvalue weighted by Crippen LogP contribution is -2.43. The number of ether oxygens (including phenoxy) is 1. The van der Waals surface area contributed by atoms with Crippen LogP contribution >= 0.6 is 0 Å². The van der Waals surface area contributed by atoms with E-state index < -0.39 is 36.2 Å². The molecule has 3 heterocycles. The molecule has 1 aliphatic heterocycles. The van der Waals surface area contributed by atoms with Gasteiger partial charge in [-0.2, -0.15) is 0 Å². The molecule has 20 heavy (non-hydrogen) atoms. The maximum atomic E-state index is 11.6. The van der Waals surface area contributed by atoms with E-state index >= 15 is 0 Å². The number of hydrogen-bond donors (Lipinski definition) is 4. The molecule has 3 rings (SSSR count). The van der Waals surface area contributed by atoms with E-state index in [2.05, 4.69) is 15.0 Å². The number of fused-ring (bicyclic) bond motifs is 1. The van der Waals surface area contributed by atoms with Gasteiger partial charge in [0.25, 0.3) is 5.56 Å². The van der Waals surface area contributed by atoms with Gasteiger partial charge in [-0.25, -0.2) is 9.97 Å². The van der Waals surface area contributed by atoms with E-state index in [0.29, 0.717) is 0 Å². The maximum Gasteiger partial charge on any atom is 0.278 e. The number of imidazole rings is 1. The van der Waals surface area contributed by atoms with Gasteiger partial charge in [-0.15, -0.1) is 0 Å². The first-order valence-corrected chi connectivity index (χ1v) is 6.03. The van der Waals surface area contributed by atoms with Gasteiger partial charge < -0.3 is 25.0 Å². The third-order valence-electron chi connectivity index (χ3n) is 3.58. The summed E-state index contributed by atoms with van der Waals surface area (Å²) in [5.74, 6) is 0. The SMILES string of the molecule is C[C@]1(CO)O[C@@H](n2cnc3c(=O)[nH]cnc32)[C@@H](O)C1O. The fourth-order valence-electron chi connectivity index (χ4n) is 2.33. The van der Waals surface area contributed by atoms with E-state index in [9.17, 15) is 20.1 Å². The first-order valence-electron chi connectivity index (χ1n) is 6.03. The van der Waals surface area contributed by atoms with Crippen LogP contribution in [0.2, 0.25) is 0 Å². The molecule has 9 nitrogen and oxygen atoms in total. The van der Waals surface area contributed by atoms with E-state index in [-0.39, 0.29) is 11.2 Å². The number of hydrogen-bond acceptors (Lipinski definition) is 7. The average molecular weight is 282 g/mol. The number of aliphatic hydroxyl groups is 3. The largest absolute Gasteiger partial charge is 0.393 e. The monoisotopic (exact) mass is 282 g/mol. The minimum Gasteiger partial charge on any atom is -0.393 e. The van der Waals surface area contributed by atoms with E-state index in [1.54, 1.807) is 0 Å². The summed E-state index contributed by atoms with van der Waals surface area (Å²) in [5, 5.41) is 29.3. The van der Waals surface area contributed by atoms with Crippen molar-refractivity contribution in [3.63, 3.8) is 0 Å². The van der Waals surface area contributed by atoms with Crippen molar-refractivity contribution in [1.29, 1.82) is 0 Å². The lowest BCUT2D eigenvalue weighted by molar-refractivity contribution is -0.115. The highest BCUT2D eigenvalue weighted by Gasteiger charge is 2.52. The summed E-state index contributed by atoms with van der Waals surface area (Å²) in [4.78, 5) is 21.9. The molecule has 0 bridgehead atoms. The quantitative estimate of drug-likeness (QED) is 0.506. The molecule has 0 radical (unpaired) electrons. The van der Waals surface area contributed by atoms with Crippen molar-refractivity contribution >= 4 is 11.2 Å². The molecule has 1 aliphatic rings. The zero-order chi connectivity index (χ0) is 14.5. The van der Waals surface area contributed by atoms with Gasteiger partial charge in [0.1, 0.15) is 17.8 Å². The summed E-state index contributed by atoms with van der Waals surface area (Å²) in [6.07, 6.45) is -1.01. The van der Waals surface area contributed by atoms with Crippen molar-refractivity contribution < 1.29 is 20.1 Å². The second-order valence-corrected chi connectivity index (χ2v) is 4.97. The fourth-order valence-corrected chi connectivity index (χ4v) is 2.33. The third-order valence-corrected chi connectivity index (χ3v) is 3.58. The number of nitrogens with zero attached hydrogens (tertiary/aromatic N) is 3. The van der Waals surface area contributed by atoms with Gasteiger partial charge in [0.15, 0.2) is 17.4 Å². The molecule has 2 aromatic rings. The number of rotatable bonds is 2. The Morgan fingerprint density at radius 1 is 1.50 bits per heavy atom. The lowest BCUT2D eigenvalue weighted by Gasteiger charge is -2.24. The van der Waals surface area contributed by atoms with Gasteiger partial charge >= 0.3 is 0 Å². The molecule has 108 valence electrons. The Bertz CT molecular complexity index is 697. The molecule has 2 aromatic heterocycles. The second kappa shape index (κ2) is 4.35. The van der Waals surface area contributed by atoms with Crippen LogP contribution in [-0.2, 0) is 4.74 Å². The molecule has 0 aliphatic carbocycles. The molecule has 0 spiro atoms. The van der Waals surface area contributed by atoms with Crippen molar-refractivity contribution in [3.8, 4) is 0 Å². The molecular formula is C11H14N4O5. The van der Waals surface area contributed by atoms with Crippen LogP contribution in [0.25, 0.3) is 11.2 Å². The Balaban J connectivity index is 2.09. The topological polar surface area (TPSA) is 133 Å². The van der Waals surface area contributed by atoms with Gasteiger partial charge in [0.05, 0.1) is 19.3 Å². The molecule has 1 unspecified atom stereocenters. The highest BCUT2D eigenvalue weighted by molar-refractivity contribution is 5.68. The molecule has 4 atom stereocenters. The van der Waals surface area contributed by atoms with Crippen LogP contribution in [0.4, 0.5) is 0 Å². The fraction of sp³-hybridized carbons (Fsp3) is 0.545. The zero-order valence-electron chi connectivity index (χ0n) is 10.6. The summed E-state index contributed by atoms with van der Waals surface area (Å²) >= 11 is 0. The van der Waals surface area contributed by atoms with Crippen molar-refractivity contribution in [3.05, 3.63) is 23.0 Å². The summed E-state index contributed by atoms with van der Waals surface area (Å²) in [6.45, 7) is 1.03. The molecule has 9 heteroatoms. The number of nitrogens with one attached hydrogen (secondary N) is 1. The van der Waals surface area contributed by atoms with Crippen LogP contribution < -0.4 is 5.56 Å². The Hall–Kier alpha value is -1.81. The molecule has 0 aromatic carbocycles. The normalized spacial score (nSPS) is 33.9. The summed E-state index contributed by atoms with van der Waals surface area (Å²) < 4.78 is 6.90. The van der Waals surface area contributed by atoms with E-state index in [1.807, 2.05) is 0 Å². The molecule has 0 saturated carbocycles. The molecule has 4 N–H and O–H groups in total. The Morgan fingerprint density at radius 2 is 2.25 bits per heavy atom. The predicted octanol–water partition coefficient (Wildman–Crippen LogP) is -1.88. The van der Waals surface area contributed by atoms with Crippen molar-refractivity contribution in [1.82, 2.24) is 19.5 Å². The van der Waals surface area contributed by atoms with E-state index in [0.717, 1.165) is 0 Å². The lowest BCUT2D eigenvalue weighted by atomic mass is 9.99. The third kappa shape index (κ3) is 1.68. The van der Waals surface area contributed by atoms with Gasteiger partial charge in [-0.05, 0) is 6.92 Å². The van der Waals surface area contributed by atoms with Crippen molar-refractivity contribution in [2.45, 2.75) is 31.0 Å². The molecule has 0 amide bonds. The van der Waals surface area contributed by atoms with Crippen LogP contribution in [0, 0.1) is 0 Å². The van der Waals surface area contributed by atoms with Crippen molar-refractivity contribution in [2.24, 2.45) is 0 Å². The highest BCUT2D eigenvalue weighted by atomic mass is 16.6. The smallest absolute Gasteiger partial charge is 0.278 e. The maximum absolute atomic E-state index is 11.6. The molecular weight excluding hydrogens is 268 g/mol. The van der Waals surface area contributed by atoms with Crippen LogP contribution in [0.5, 0.6) is 0 Å². The van der Waals surface area contributed by atoms with Crippen LogP contribution in [-0.4, -0.2) is 59.3 Å². The molecule has 1 fully saturated rings. The summed E-state index contributed by atoms with van der Waals surface area (Å²) in [6, 6.07) is 0. The standard InChI is InChI=1S/C11H14N4O5/c1-11(2-16)7(18)6(17)10(20-11)15-4-14-5-8(15)12-3-13-9(5)19/h3-4,6-7,10,16-18H,2H2,1H3,(H,12,13,19)/t6-,7?,10+,11+/m0/s1. The minimum atomic E-state index is -1.29. The number of aliphatic hydroxyl groups excluding tert-OH is 3. The van der Waals surface area contributed by atoms with Gasteiger partial charge in [0.2, 0.25) is 0 Å². The van der Waals surface area contributed by atoms with Gasteiger partial charge in [-0.3, -0.25) is 9.36 Å². The highest BCUT2D eigenvalue weighted by Crippen LogP contribution is 2.37. The Labute approximate surface area is 112 Å². The number of aromatic amines is 1. The predicted molar refractivity (Wildman–Crippen MR) is 65.8 cm³/mol. The second-order valence-electron chi connectivity index (χ2n) is 4.97. The Kier molecular flexibility index (Phi) is 2.87. The minimum absolute atomic E-state index is 0.107. The zero-order valence-corrected chi connectivity index (χ0v) is 10.6. The van der Waals surface area contributed by atoms with Crippen molar-refractivity contribution in [2.75, 3.05) is 6.61 Å². The molecule has 1 saturated heterocycles. The van der Waals surface area contributed by atoms with E-state index in [4.69, 9.17) is 4.74 Å². The van der Waals surface area contributed by atoms with Gasteiger partial charge in [-0.1, -0.05) is 0 Å². The van der Waals surface area contributed by atoms with Crippen LogP contribution in [0.15, 0.2) is 17.4 Å². The van der Waals surface area contributed by atoms with Gasteiger partial charge in [0, 0.05) is 0 Å². The summed E-state index contributed by atoms with van der Waals surface area (Å²) in [7, 11) is 0.